The molecule has 146 valence electrons. The van der Waals surface area contributed by atoms with Crippen molar-refractivity contribution < 1.29 is 13.9 Å². The number of anilines is 1. The van der Waals surface area contributed by atoms with E-state index in [1.54, 1.807) is 24.3 Å². The maximum absolute atomic E-state index is 12.4. The number of nitrogens with zero attached hydrogens (tertiary/aromatic N) is 2. The number of rotatable bonds is 6. The summed E-state index contributed by atoms with van der Waals surface area (Å²) in [5.74, 6) is 1.12. The van der Waals surface area contributed by atoms with Gasteiger partial charge in [0, 0.05) is 10.6 Å². The first-order valence-electron chi connectivity index (χ1n) is 8.76. The first kappa shape index (κ1) is 19.2. The van der Waals surface area contributed by atoms with E-state index in [2.05, 4.69) is 15.5 Å². The number of aromatic nitrogens is 2. The molecule has 0 spiro atoms. The van der Waals surface area contributed by atoms with Gasteiger partial charge in [-0.15, -0.1) is 10.2 Å². The third kappa shape index (κ3) is 4.82. The molecule has 4 rings (SSSR count). The molecule has 6 nitrogen and oxygen atoms in total. The van der Waals surface area contributed by atoms with Crippen molar-refractivity contribution in [1.29, 1.82) is 0 Å². The van der Waals surface area contributed by atoms with Crippen LogP contribution in [0.5, 0.6) is 5.75 Å². The zero-order valence-electron chi connectivity index (χ0n) is 15.4. The fraction of sp³-hybridized carbons (Fsp3) is 0.0952. The highest BCUT2D eigenvalue weighted by molar-refractivity contribution is 7.15. The monoisotopic (exact) mass is 425 g/mol. The zero-order valence-corrected chi connectivity index (χ0v) is 17.0. The predicted molar refractivity (Wildman–Crippen MR) is 113 cm³/mol. The number of halogens is 1. The number of hydrogen-bond acceptors (Lipinski definition) is 6. The van der Waals surface area contributed by atoms with Gasteiger partial charge in [-0.25, -0.2) is 0 Å². The molecule has 8 heteroatoms. The molecule has 0 aliphatic rings. The zero-order chi connectivity index (χ0) is 20.2. The normalized spacial score (nSPS) is 10.7. The molecule has 2 heterocycles. The van der Waals surface area contributed by atoms with E-state index in [1.165, 1.54) is 11.3 Å². The number of furan rings is 1. The SMILES string of the molecule is Cc1ccc(OCc2nnc(NC(=O)c3ccc(-c4ccc(Cl)cc4)o3)s2)cc1. The third-order valence-corrected chi connectivity index (χ3v) is 5.09. The van der Waals surface area contributed by atoms with Gasteiger partial charge in [0.15, 0.2) is 10.8 Å². The third-order valence-electron chi connectivity index (χ3n) is 4.03. The van der Waals surface area contributed by atoms with Crippen molar-refractivity contribution in [2.24, 2.45) is 0 Å². The van der Waals surface area contributed by atoms with Crippen LogP contribution in [-0.4, -0.2) is 16.1 Å². The Bertz CT molecular complexity index is 1120. The van der Waals surface area contributed by atoms with E-state index >= 15 is 0 Å². The number of amides is 1. The van der Waals surface area contributed by atoms with Gasteiger partial charge >= 0.3 is 0 Å². The Morgan fingerprint density at radius 2 is 1.83 bits per heavy atom. The summed E-state index contributed by atoms with van der Waals surface area (Å²) in [4.78, 5) is 12.4. The Labute approximate surface area is 176 Å². The average Bonchev–Trinajstić information content (AvgIpc) is 3.38. The van der Waals surface area contributed by atoms with E-state index < -0.39 is 5.91 Å². The second kappa shape index (κ2) is 8.46. The van der Waals surface area contributed by atoms with Crippen LogP contribution in [0.4, 0.5) is 5.13 Å². The Kier molecular flexibility index (Phi) is 5.59. The lowest BCUT2D eigenvalue weighted by Gasteiger charge is -2.03. The van der Waals surface area contributed by atoms with Crippen LogP contribution in [-0.2, 0) is 6.61 Å². The quantitative estimate of drug-likeness (QED) is 0.435. The lowest BCUT2D eigenvalue weighted by molar-refractivity contribution is 0.0997. The number of nitrogens with one attached hydrogen (secondary N) is 1. The summed E-state index contributed by atoms with van der Waals surface area (Å²) >= 11 is 7.14. The van der Waals surface area contributed by atoms with Crippen LogP contribution in [0.25, 0.3) is 11.3 Å². The summed E-state index contributed by atoms with van der Waals surface area (Å²) in [5.41, 5.74) is 2.00. The van der Waals surface area contributed by atoms with Gasteiger partial charge < -0.3 is 9.15 Å². The molecule has 0 saturated heterocycles. The molecule has 1 amide bonds. The van der Waals surface area contributed by atoms with Crippen molar-refractivity contribution in [2.75, 3.05) is 5.32 Å². The lowest BCUT2D eigenvalue weighted by Crippen LogP contribution is -2.10. The van der Waals surface area contributed by atoms with Crippen LogP contribution in [0.2, 0.25) is 5.02 Å². The largest absolute Gasteiger partial charge is 0.486 e. The second-order valence-electron chi connectivity index (χ2n) is 6.23. The molecule has 1 N–H and O–H groups in total. The van der Waals surface area contributed by atoms with Crippen molar-refractivity contribution in [3.8, 4) is 17.1 Å². The minimum absolute atomic E-state index is 0.183. The second-order valence-corrected chi connectivity index (χ2v) is 7.73. The highest BCUT2D eigenvalue weighted by Crippen LogP contribution is 2.25. The number of aryl methyl sites for hydroxylation is 1. The molecule has 0 aliphatic carbocycles. The van der Waals surface area contributed by atoms with Gasteiger partial charge in [0.1, 0.15) is 18.1 Å². The highest BCUT2D eigenvalue weighted by Gasteiger charge is 2.15. The number of benzene rings is 2. The van der Waals surface area contributed by atoms with Gasteiger partial charge in [0.25, 0.3) is 5.91 Å². The van der Waals surface area contributed by atoms with Crippen molar-refractivity contribution in [2.45, 2.75) is 13.5 Å². The van der Waals surface area contributed by atoms with Crippen LogP contribution in [0.3, 0.4) is 0 Å². The molecule has 0 radical (unpaired) electrons. The number of hydrogen-bond donors (Lipinski definition) is 1. The number of ether oxygens (including phenoxy) is 1. The van der Waals surface area contributed by atoms with Crippen LogP contribution < -0.4 is 10.1 Å². The summed E-state index contributed by atoms with van der Waals surface area (Å²) in [6.07, 6.45) is 0. The summed E-state index contributed by atoms with van der Waals surface area (Å²) in [5, 5.41) is 12.4. The fourth-order valence-corrected chi connectivity index (χ4v) is 3.30. The van der Waals surface area contributed by atoms with Gasteiger partial charge in [-0.1, -0.05) is 40.6 Å². The van der Waals surface area contributed by atoms with Crippen molar-refractivity contribution in [1.82, 2.24) is 10.2 Å². The molecule has 0 atom stereocenters. The van der Waals surface area contributed by atoms with Crippen molar-refractivity contribution >= 4 is 34.0 Å². The molecule has 29 heavy (non-hydrogen) atoms. The standard InChI is InChI=1S/C21H16ClN3O3S/c1-13-2-8-16(9-3-13)27-12-19-24-25-21(29-19)23-20(26)18-11-10-17(28-18)14-4-6-15(22)7-5-14/h2-11H,12H2,1H3,(H,23,25,26). The Morgan fingerprint density at radius 3 is 2.59 bits per heavy atom. The van der Waals surface area contributed by atoms with Gasteiger partial charge in [0.05, 0.1) is 0 Å². The highest BCUT2D eigenvalue weighted by atomic mass is 35.5. The topological polar surface area (TPSA) is 77.3 Å². The molecule has 0 fully saturated rings. The Morgan fingerprint density at radius 1 is 1.07 bits per heavy atom. The number of carbonyl (C=O) groups is 1. The van der Waals surface area contributed by atoms with E-state index in [0.29, 0.717) is 20.9 Å². The number of carbonyl (C=O) groups excluding carboxylic acids is 1. The average molecular weight is 426 g/mol. The molecular formula is C21H16ClN3O3S. The molecule has 4 aromatic rings. The van der Waals surface area contributed by atoms with Gasteiger partial charge in [-0.3, -0.25) is 10.1 Å². The molecule has 0 bridgehead atoms. The summed E-state index contributed by atoms with van der Waals surface area (Å²) in [7, 11) is 0. The van der Waals surface area contributed by atoms with Crippen molar-refractivity contribution in [3.63, 3.8) is 0 Å². The molecular weight excluding hydrogens is 410 g/mol. The van der Waals surface area contributed by atoms with Crippen LogP contribution in [0.15, 0.2) is 65.1 Å². The maximum atomic E-state index is 12.4. The van der Waals surface area contributed by atoms with Crippen LogP contribution in [0, 0.1) is 6.92 Å². The Balaban J connectivity index is 1.36. The fourth-order valence-electron chi connectivity index (χ4n) is 2.53. The van der Waals surface area contributed by atoms with E-state index in [1.807, 2.05) is 43.3 Å². The van der Waals surface area contributed by atoms with Crippen LogP contribution >= 0.6 is 22.9 Å². The first-order chi connectivity index (χ1) is 14.1. The van der Waals surface area contributed by atoms with Crippen molar-refractivity contribution in [3.05, 3.63) is 82.0 Å². The van der Waals surface area contributed by atoms with Gasteiger partial charge in [-0.2, -0.15) is 0 Å². The molecule has 2 aromatic heterocycles. The minimum Gasteiger partial charge on any atom is -0.486 e. The molecule has 0 unspecified atom stereocenters. The van der Waals surface area contributed by atoms with E-state index in [-0.39, 0.29) is 12.4 Å². The summed E-state index contributed by atoms with van der Waals surface area (Å²) in [6.45, 7) is 2.29. The molecule has 0 saturated carbocycles. The van der Waals surface area contributed by atoms with Gasteiger partial charge in [-0.05, 0) is 55.5 Å². The van der Waals surface area contributed by atoms with E-state index in [0.717, 1.165) is 16.9 Å². The van der Waals surface area contributed by atoms with E-state index in [4.69, 9.17) is 20.8 Å². The lowest BCUT2D eigenvalue weighted by atomic mass is 10.2. The molecule has 0 aliphatic heterocycles. The summed E-state index contributed by atoms with van der Waals surface area (Å²) < 4.78 is 11.3. The summed E-state index contributed by atoms with van der Waals surface area (Å²) in [6, 6.07) is 18.3. The van der Waals surface area contributed by atoms with Crippen LogP contribution in [0.1, 0.15) is 21.1 Å². The Hall–Kier alpha value is -3.16. The predicted octanol–water partition coefficient (Wildman–Crippen LogP) is 5.59. The van der Waals surface area contributed by atoms with E-state index in [9.17, 15) is 4.79 Å². The maximum Gasteiger partial charge on any atom is 0.293 e. The first-order valence-corrected chi connectivity index (χ1v) is 9.95. The molecule has 2 aromatic carbocycles. The van der Waals surface area contributed by atoms with Gasteiger partial charge in [0.2, 0.25) is 5.13 Å². The minimum atomic E-state index is -0.396. The smallest absolute Gasteiger partial charge is 0.293 e.